The van der Waals surface area contributed by atoms with E-state index >= 15 is 0 Å². The molecule has 0 radical (unpaired) electrons. The quantitative estimate of drug-likeness (QED) is 0.598. The van der Waals surface area contributed by atoms with Gasteiger partial charge in [-0.2, -0.15) is 5.48 Å². The second kappa shape index (κ2) is 3.94. The van der Waals surface area contributed by atoms with Crippen molar-refractivity contribution in [3.63, 3.8) is 0 Å². The molecule has 1 fully saturated rings. The summed E-state index contributed by atoms with van der Waals surface area (Å²) in [6, 6.07) is 0. The summed E-state index contributed by atoms with van der Waals surface area (Å²) in [6.45, 7) is 1.02. The molecule has 1 unspecified atom stereocenters. The van der Waals surface area contributed by atoms with Crippen LogP contribution in [0.4, 0.5) is 0 Å². The molecule has 1 N–H and O–H groups in total. The molecule has 1 aliphatic heterocycles. The molecule has 2 aliphatic rings. The van der Waals surface area contributed by atoms with Gasteiger partial charge in [0.15, 0.2) is 0 Å². The summed E-state index contributed by atoms with van der Waals surface area (Å²) in [5.74, 6) is 1.92. The minimum absolute atomic E-state index is 0.714. The normalized spacial score (nSPS) is 35.0. The molecule has 12 heavy (non-hydrogen) atoms. The van der Waals surface area contributed by atoms with Crippen molar-refractivity contribution in [2.75, 3.05) is 6.54 Å². The maximum absolute atomic E-state index is 5.43. The van der Waals surface area contributed by atoms with Crippen molar-refractivity contribution in [1.29, 1.82) is 0 Å². The summed E-state index contributed by atoms with van der Waals surface area (Å²) < 4.78 is 0. The summed E-state index contributed by atoms with van der Waals surface area (Å²) in [5, 5.41) is 0. The number of nitrogens with one attached hydrogen (secondary N) is 1. The third kappa shape index (κ3) is 1.81. The Balaban J connectivity index is 2.03. The van der Waals surface area contributed by atoms with Crippen LogP contribution in [-0.4, -0.2) is 6.54 Å². The minimum atomic E-state index is 0.714. The van der Waals surface area contributed by atoms with Gasteiger partial charge < -0.3 is 4.84 Å². The van der Waals surface area contributed by atoms with E-state index in [2.05, 4.69) is 11.6 Å². The monoisotopic (exact) mass is 167 g/mol. The van der Waals surface area contributed by atoms with Crippen LogP contribution in [0.5, 0.6) is 0 Å². The van der Waals surface area contributed by atoms with Gasteiger partial charge in [-0.3, -0.25) is 0 Å². The molecular formula is C10H17NO. The minimum Gasteiger partial charge on any atom is -0.413 e. The second-order valence-electron chi connectivity index (χ2n) is 3.73. The Morgan fingerprint density at radius 1 is 1.25 bits per heavy atom. The maximum atomic E-state index is 5.43. The van der Waals surface area contributed by atoms with Crippen LogP contribution in [-0.2, 0) is 4.84 Å². The predicted octanol–water partition coefficient (Wildman–Crippen LogP) is 2.38. The first-order chi connectivity index (χ1) is 5.97. The van der Waals surface area contributed by atoms with Crippen molar-refractivity contribution in [1.82, 2.24) is 5.48 Å². The highest BCUT2D eigenvalue weighted by molar-refractivity contribution is 5.01. The summed E-state index contributed by atoms with van der Waals surface area (Å²) in [4.78, 5) is 5.43. The Morgan fingerprint density at radius 2 is 2.25 bits per heavy atom. The van der Waals surface area contributed by atoms with Gasteiger partial charge in [0.05, 0.1) is 0 Å². The van der Waals surface area contributed by atoms with Crippen molar-refractivity contribution < 1.29 is 4.84 Å². The maximum Gasteiger partial charge on any atom is 0.123 e. The van der Waals surface area contributed by atoms with Crippen molar-refractivity contribution in [2.45, 2.75) is 38.5 Å². The Kier molecular flexibility index (Phi) is 2.67. The first-order valence-electron chi connectivity index (χ1n) is 5.06. The highest BCUT2D eigenvalue weighted by Crippen LogP contribution is 2.28. The van der Waals surface area contributed by atoms with E-state index in [4.69, 9.17) is 4.84 Å². The molecular weight excluding hydrogens is 150 g/mol. The van der Waals surface area contributed by atoms with Gasteiger partial charge in [-0.1, -0.05) is 12.8 Å². The SMILES string of the molecule is C1=C2/ONCCC2CCCCC/1. The molecule has 68 valence electrons. The van der Waals surface area contributed by atoms with Crippen molar-refractivity contribution >= 4 is 0 Å². The summed E-state index contributed by atoms with van der Waals surface area (Å²) in [6.07, 6.45) is 10.2. The highest BCUT2D eigenvalue weighted by atomic mass is 16.6. The van der Waals surface area contributed by atoms with Gasteiger partial charge in [-0.15, -0.1) is 0 Å². The predicted molar refractivity (Wildman–Crippen MR) is 48.4 cm³/mol. The summed E-state index contributed by atoms with van der Waals surface area (Å²) in [5.41, 5.74) is 2.96. The summed E-state index contributed by atoms with van der Waals surface area (Å²) in [7, 11) is 0. The van der Waals surface area contributed by atoms with E-state index in [1.165, 1.54) is 44.3 Å². The Morgan fingerprint density at radius 3 is 3.25 bits per heavy atom. The van der Waals surface area contributed by atoms with E-state index in [1.807, 2.05) is 0 Å². The Bertz CT molecular complexity index is 177. The van der Waals surface area contributed by atoms with Crippen LogP contribution in [0.25, 0.3) is 0 Å². The van der Waals surface area contributed by atoms with Crippen molar-refractivity contribution in [3.05, 3.63) is 11.8 Å². The first kappa shape index (κ1) is 8.11. The summed E-state index contributed by atoms with van der Waals surface area (Å²) >= 11 is 0. The second-order valence-corrected chi connectivity index (χ2v) is 3.73. The Hall–Kier alpha value is -0.500. The number of rotatable bonds is 0. The fraction of sp³-hybridized carbons (Fsp3) is 0.800. The zero-order valence-electron chi connectivity index (χ0n) is 7.51. The van der Waals surface area contributed by atoms with Gasteiger partial charge in [0.1, 0.15) is 5.76 Å². The molecule has 2 heteroatoms. The molecule has 2 rings (SSSR count). The van der Waals surface area contributed by atoms with Crippen LogP contribution in [0.3, 0.4) is 0 Å². The lowest BCUT2D eigenvalue weighted by Gasteiger charge is -2.27. The van der Waals surface area contributed by atoms with Gasteiger partial charge in [0.25, 0.3) is 0 Å². The van der Waals surface area contributed by atoms with Crippen LogP contribution in [0.15, 0.2) is 11.8 Å². The third-order valence-electron chi connectivity index (χ3n) is 2.79. The lowest BCUT2D eigenvalue weighted by atomic mass is 9.92. The van der Waals surface area contributed by atoms with Crippen LogP contribution in [0, 0.1) is 5.92 Å². The molecule has 0 spiro atoms. The lowest BCUT2D eigenvalue weighted by Crippen LogP contribution is -2.28. The number of fused-ring (bicyclic) bond motifs is 1. The van der Waals surface area contributed by atoms with Gasteiger partial charge in [-0.25, -0.2) is 0 Å². The Labute approximate surface area is 73.9 Å². The largest absolute Gasteiger partial charge is 0.413 e. The van der Waals surface area contributed by atoms with E-state index in [0.29, 0.717) is 5.92 Å². The zero-order valence-corrected chi connectivity index (χ0v) is 7.51. The molecule has 1 aliphatic carbocycles. The van der Waals surface area contributed by atoms with Crippen molar-refractivity contribution in [2.24, 2.45) is 5.92 Å². The molecule has 0 bridgehead atoms. The fourth-order valence-corrected chi connectivity index (χ4v) is 2.04. The van der Waals surface area contributed by atoms with E-state index in [9.17, 15) is 0 Å². The van der Waals surface area contributed by atoms with Crippen molar-refractivity contribution in [3.8, 4) is 0 Å². The van der Waals surface area contributed by atoms with E-state index in [-0.39, 0.29) is 0 Å². The molecule has 1 atom stereocenters. The lowest BCUT2D eigenvalue weighted by molar-refractivity contribution is 0.0406. The number of hydroxylamine groups is 1. The van der Waals surface area contributed by atoms with Crippen LogP contribution >= 0.6 is 0 Å². The standard InChI is InChI=1S/C10H17NO/c1-2-4-6-10-9(5-3-1)7-8-11-12-10/h6,9,11H,1-5,7-8H2/b10-6+. The third-order valence-corrected chi connectivity index (χ3v) is 2.79. The molecule has 0 amide bonds. The van der Waals surface area contributed by atoms with E-state index in [0.717, 1.165) is 6.54 Å². The topological polar surface area (TPSA) is 21.3 Å². The molecule has 2 nitrogen and oxygen atoms in total. The average molecular weight is 167 g/mol. The molecule has 0 aromatic rings. The molecule has 0 aromatic heterocycles. The van der Waals surface area contributed by atoms with Gasteiger partial charge >= 0.3 is 0 Å². The number of allylic oxidation sites excluding steroid dienone is 2. The smallest absolute Gasteiger partial charge is 0.123 e. The molecule has 1 saturated heterocycles. The number of hydrogen-bond donors (Lipinski definition) is 1. The molecule has 1 heterocycles. The van der Waals surface area contributed by atoms with Crippen LogP contribution in [0.1, 0.15) is 38.5 Å². The van der Waals surface area contributed by atoms with Gasteiger partial charge in [0, 0.05) is 12.5 Å². The van der Waals surface area contributed by atoms with E-state index < -0.39 is 0 Å². The molecule has 0 saturated carbocycles. The average Bonchev–Trinajstić information content (AvgIpc) is 2.06. The van der Waals surface area contributed by atoms with Gasteiger partial charge in [-0.05, 0) is 31.8 Å². The zero-order chi connectivity index (χ0) is 8.23. The molecule has 0 aromatic carbocycles. The van der Waals surface area contributed by atoms with Gasteiger partial charge in [0.2, 0.25) is 0 Å². The highest BCUT2D eigenvalue weighted by Gasteiger charge is 2.20. The fourth-order valence-electron chi connectivity index (χ4n) is 2.04. The van der Waals surface area contributed by atoms with Crippen LogP contribution in [0.2, 0.25) is 0 Å². The van der Waals surface area contributed by atoms with E-state index in [1.54, 1.807) is 0 Å². The van der Waals surface area contributed by atoms with Crippen LogP contribution < -0.4 is 5.48 Å². The number of hydrogen-bond acceptors (Lipinski definition) is 2. The first-order valence-corrected chi connectivity index (χ1v) is 5.06.